The normalized spacial score (nSPS) is 11.4. The average molecular weight is 318 g/mol. The first-order valence-corrected chi connectivity index (χ1v) is 7.99. The van der Waals surface area contributed by atoms with Crippen LogP contribution in [0.15, 0.2) is 18.2 Å². The van der Waals surface area contributed by atoms with Crippen molar-refractivity contribution >= 4 is 28.2 Å². The molecule has 118 valence electrons. The van der Waals surface area contributed by atoms with Crippen molar-refractivity contribution in [3.05, 3.63) is 40.6 Å². The molecular formula is C17H22N2O2S. The van der Waals surface area contributed by atoms with E-state index in [1.54, 1.807) is 0 Å². The Bertz CT molecular complexity index is 699. The van der Waals surface area contributed by atoms with E-state index in [0.29, 0.717) is 11.3 Å². The zero-order valence-corrected chi connectivity index (χ0v) is 14.7. The smallest absolute Gasteiger partial charge is 0.343 e. The second kappa shape index (κ2) is 6.08. The third-order valence-electron chi connectivity index (χ3n) is 3.32. The van der Waals surface area contributed by atoms with Crippen LogP contribution in [0.4, 0.5) is 10.7 Å². The van der Waals surface area contributed by atoms with Gasteiger partial charge in [-0.2, -0.15) is 4.37 Å². The number of hydrogen-bond donors (Lipinski definition) is 1. The minimum atomic E-state index is -0.526. The summed E-state index contributed by atoms with van der Waals surface area (Å²) in [5, 5.41) is 4.05. The Labute approximate surface area is 135 Å². The number of carbonyl (C=O) groups is 1. The number of nitrogens with zero attached hydrogens (tertiary/aromatic N) is 1. The highest BCUT2D eigenvalue weighted by atomic mass is 32.1. The van der Waals surface area contributed by atoms with Crippen LogP contribution in [0.3, 0.4) is 0 Å². The Balaban J connectivity index is 2.34. The third-order valence-corrected chi connectivity index (χ3v) is 4.17. The second-order valence-electron chi connectivity index (χ2n) is 6.35. The minimum absolute atomic E-state index is 0.341. The number of aromatic nitrogens is 1. The van der Waals surface area contributed by atoms with E-state index in [-0.39, 0.29) is 5.97 Å². The van der Waals surface area contributed by atoms with E-state index in [4.69, 9.17) is 4.74 Å². The molecule has 0 atom stereocenters. The molecule has 2 rings (SSSR count). The van der Waals surface area contributed by atoms with E-state index < -0.39 is 5.60 Å². The van der Waals surface area contributed by atoms with Gasteiger partial charge in [-0.25, -0.2) is 4.79 Å². The molecular weight excluding hydrogens is 296 g/mol. The van der Waals surface area contributed by atoms with Gasteiger partial charge in [0.25, 0.3) is 0 Å². The van der Waals surface area contributed by atoms with E-state index in [2.05, 4.69) is 29.6 Å². The number of aryl methyl sites for hydroxylation is 2. The fourth-order valence-corrected chi connectivity index (χ4v) is 2.83. The fraction of sp³-hybridized carbons (Fsp3) is 0.412. The Morgan fingerprint density at radius 1 is 1.23 bits per heavy atom. The van der Waals surface area contributed by atoms with Crippen molar-refractivity contribution in [2.75, 3.05) is 5.32 Å². The first-order valence-electron chi connectivity index (χ1n) is 7.22. The van der Waals surface area contributed by atoms with Gasteiger partial charge in [0.2, 0.25) is 0 Å². The van der Waals surface area contributed by atoms with Gasteiger partial charge in [0, 0.05) is 5.69 Å². The molecule has 1 aromatic heterocycles. The highest BCUT2D eigenvalue weighted by molar-refractivity contribution is 7.10. The molecule has 1 N–H and O–H groups in total. The van der Waals surface area contributed by atoms with Crippen LogP contribution in [0.25, 0.3) is 0 Å². The van der Waals surface area contributed by atoms with Gasteiger partial charge in [-0.15, -0.1) is 0 Å². The Morgan fingerprint density at radius 3 is 2.55 bits per heavy atom. The number of benzene rings is 1. The highest BCUT2D eigenvalue weighted by Gasteiger charge is 2.25. The lowest BCUT2D eigenvalue weighted by molar-refractivity contribution is 0.00702. The number of rotatable bonds is 3. The van der Waals surface area contributed by atoms with Crippen molar-refractivity contribution in [3.8, 4) is 0 Å². The van der Waals surface area contributed by atoms with Crippen molar-refractivity contribution in [3.63, 3.8) is 0 Å². The molecule has 0 spiro atoms. The molecule has 0 saturated heterocycles. The molecule has 0 fully saturated rings. The maximum atomic E-state index is 12.4. The summed E-state index contributed by atoms with van der Waals surface area (Å²) in [4.78, 5) is 12.4. The summed E-state index contributed by atoms with van der Waals surface area (Å²) < 4.78 is 9.78. The summed E-state index contributed by atoms with van der Waals surface area (Å²) in [6.07, 6.45) is 0. The zero-order valence-electron chi connectivity index (χ0n) is 13.9. The van der Waals surface area contributed by atoms with Crippen LogP contribution >= 0.6 is 11.5 Å². The predicted molar refractivity (Wildman–Crippen MR) is 91.2 cm³/mol. The van der Waals surface area contributed by atoms with Crippen molar-refractivity contribution < 1.29 is 9.53 Å². The second-order valence-corrected chi connectivity index (χ2v) is 7.12. The van der Waals surface area contributed by atoms with Gasteiger partial charge >= 0.3 is 5.97 Å². The van der Waals surface area contributed by atoms with Crippen LogP contribution in [-0.2, 0) is 4.74 Å². The van der Waals surface area contributed by atoms with Crippen LogP contribution in [0.2, 0.25) is 0 Å². The lowest BCUT2D eigenvalue weighted by Gasteiger charge is -2.20. The number of ether oxygens (including phenoxy) is 1. The summed E-state index contributed by atoms with van der Waals surface area (Å²) in [5.74, 6) is -0.341. The van der Waals surface area contributed by atoms with Crippen molar-refractivity contribution in [1.82, 2.24) is 4.37 Å². The molecule has 0 bridgehead atoms. The molecule has 2 aromatic rings. The molecule has 1 heterocycles. The summed E-state index contributed by atoms with van der Waals surface area (Å²) in [6.45, 7) is 11.5. The Hall–Kier alpha value is -1.88. The Kier molecular flexibility index (Phi) is 4.56. The zero-order chi connectivity index (χ0) is 16.5. The van der Waals surface area contributed by atoms with Crippen molar-refractivity contribution in [2.45, 2.75) is 47.1 Å². The van der Waals surface area contributed by atoms with E-state index in [1.807, 2.05) is 39.8 Å². The number of carbonyl (C=O) groups excluding carboxylic acids is 1. The summed E-state index contributed by atoms with van der Waals surface area (Å²) in [7, 11) is 0. The standard InChI is InChI=1S/C17H22N2O2S/c1-10-8-7-9-13(11(10)2)18-15-14(12(3)19-22-15)16(20)21-17(4,5)6/h7-9,18H,1-6H3. The molecule has 5 heteroatoms. The molecule has 0 radical (unpaired) electrons. The van der Waals surface area contributed by atoms with Crippen LogP contribution in [0, 0.1) is 20.8 Å². The first kappa shape index (κ1) is 16.5. The van der Waals surface area contributed by atoms with Gasteiger partial charge in [0.15, 0.2) is 0 Å². The monoisotopic (exact) mass is 318 g/mol. The van der Waals surface area contributed by atoms with Crippen LogP contribution in [-0.4, -0.2) is 15.9 Å². The van der Waals surface area contributed by atoms with Crippen molar-refractivity contribution in [1.29, 1.82) is 0 Å². The van der Waals surface area contributed by atoms with E-state index in [0.717, 1.165) is 16.3 Å². The Morgan fingerprint density at radius 2 is 1.91 bits per heavy atom. The SMILES string of the molecule is Cc1cccc(Nc2snc(C)c2C(=O)OC(C)(C)C)c1C. The number of hydrogen-bond acceptors (Lipinski definition) is 5. The van der Waals surface area contributed by atoms with Crippen LogP contribution in [0.5, 0.6) is 0 Å². The maximum Gasteiger partial charge on any atom is 0.343 e. The van der Waals surface area contributed by atoms with E-state index in [1.165, 1.54) is 17.1 Å². The fourth-order valence-electron chi connectivity index (χ4n) is 2.03. The molecule has 0 aliphatic carbocycles. The molecule has 0 amide bonds. The molecule has 0 saturated carbocycles. The summed E-state index contributed by atoms with van der Waals surface area (Å²) >= 11 is 1.28. The van der Waals surface area contributed by atoms with E-state index >= 15 is 0 Å². The number of anilines is 2. The maximum absolute atomic E-state index is 12.4. The van der Waals surface area contributed by atoms with Gasteiger partial charge in [-0.05, 0) is 70.3 Å². The van der Waals surface area contributed by atoms with Crippen LogP contribution < -0.4 is 5.32 Å². The van der Waals surface area contributed by atoms with Gasteiger partial charge in [-0.3, -0.25) is 0 Å². The number of nitrogens with one attached hydrogen (secondary N) is 1. The molecule has 4 nitrogen and oxygen atoms in total. The molecule has 0 aliphatic rings. The lowest BCUT2D eigenvalue weighted by atomic mass is 10.1. The quantitative estimate of drug-likeness (QED) is 0.828. The highest BCUT2D eigenvalue weighted by Crippen LogP contribution is 2.31. The minimum Gasteiger partial charge on any atom is -0.456 e. The molecule has 0 unspecified atom stereocenters. The van der Waals surface area contributed by atoms with Gasteiger partial charge < -0.3 is 10.1 Å². The third kappa shape index (κ3) is 3.65. The lowest BCUT2D eigenvalue weighted by Crippen LogP contribution is -2.24. The van der Waals surface area contributed by atoms with Crippen LogP contribution in [0.1, 0.15) is 48.0 Å². The van der Waals surface area contributed by atoms with Crippen molar-refractivity contribution in [2.24, 2.45) is 0 Å². The molecule has 1 aromatic carbocycles. The summed E-state index contributed by atoms with van der Waals surface area (Å²) in [6, 6.07) is 6.05. The van der Waals surface area contributed by atoms with Gasteiger partial charge in [-0.1, -0.05) is 12.1 Å². The summed E-state index contributed by atoms with van der Waals surface area (Å²) in [5.41, 5.74) is 4.01. The number of esters is 1. The average Bonchev–Trinajstić information content (AvgIpc) is 2.74. The largest absolute Gasteiger partial charge is 0.456 e. The van der Waals surface area contributed by atoms with E-state index in [9.17, 15) is 4.79 Å². The molecule has 22 heavy (non-hydrogen) atoms. The van der Waals surface area contributed by atoms with Gasteiger partial charge in [0.1, 0.15) is 16.2 Å². The molecule has 0 aliphatic heterocycles. The predicted octanol–water partition coefficient (Wildman–Crippen LogP) is 4.77. The topological polar surface area (TPSA) is 51.2 Å². The first-order chi connectivity index (χ1) is 10.2. The van der Waals surface area contributed by atoms with Gasteiger partial charge in [0.05, 0.1) is 5.69 Å².